The first kappa shape index (κ1) is 14.8. The second-order valence-corrected chi connectivity index (χ2v) is 5.61. The minimum absolute atomic E-state index is 0.847. The molecule has 0 bridgehead atoms. The Hall–Kier alpha value is -0.300. The largest absolute Gasteiger partial charge is 0.380 e. The lowest BCUT2D eigenvalue weighted by Crippen LogP contribution is -2.13. The third-order valence-corrected chi connectivity index (χ3v) is 4.00. The van der Waals surface area contributed by atoms with Crippen LogP contribution < -0.4 is 0 Å². The van der Waals surface area contributed by atoms with E-state index in [0.29, 0.717) is 0 Å². The van der Waals surface area contributed by atoms with Crippen molar-refractivity contribution in [2.75, 3.05) is 13.7 Å². The highest BCUT2D eigenvalue weighted by atomic mass is 16.5. The Morgan fingerprint density at radius 1 is 1.29 bits per heavy atom. The average Bonchev–Trinajstić information content (AvgIpc) is 2.33. The number of rotatable bonds is 8. The van der Waals surface area contributed by atoms with Crippen molar-refractivity contribution in [1.82, 2.24) is 0 Å². The zero-order chi connectivity index (χ0) is 12.5. The van der Waals surface area contributed by atoms with Crippen molar-refractivity contribution in [2.24, 2.45) is 11.8 Å². The van der Waals surface area contributed by atoms with Crippen LogP contribution in [0, 0.1) is 11.8 Å². The molecule has 0 aliphatic heterocycles. The number of hydrogen-bond acceptors (Lipinski definition) is 1. The van der Waals surface area contributed by atoms with Crippen LogP contribution in [-0.4, -0.2) is 13.7 Å². The zero-order valence-electron chi connectivity index (χ0n) is 12.0. The summed E-state index contributed by atoms with van der Waals surface area (Å²) in [6, 6.07) is 0. The van der Waals surface area contributed by atoms with Crippen LogP contribution >= 0.6 is 0 Å². The molecule has 1 atom stereocenters. The van der Waals surface area contributed by atoms with Gasteiger partial charge < -0.3 is 4.74 Å². The molecule has 0 heterocycles. The van der Waals surface area contributed by atoms with E-state index in [-0.39, 0.29) is 0 Å². The van der Waals surface area contributed by atoms with Crippen molar-refractivity contribution in [1.29, 1.82) is 0 Å². The van der Waals surface area contributed by atoms with Gasteiger partial charge in [-0.15, -0.1) is 0 Å². The molecule has 0 spiro atoms. The molecular formula is C16H30O. The highest BCUT2D eigenvalue weighted by Gasteiger charge is 2.18. The van der Waals surface area contributed by atoms with E-state index in [1.54, 1.807) is 7.11 Å². The lowest BCUT2D eigenvalue weighted by atomic mass is 9.81. The molecule has 0 radical (unpaired) electrons. The van der Waals surface area contributed by atoms with Crippen LogP contribution in [0.5, 0.6) is 0 Å². The van der Waals surface area contributed by atoms with Gasteiger partial charge in [-0.1, -0.05) is 45.6 Å². The highest BCUT2D eigenvalue weighted by Crippen LogP contribution is 2.31. The van der Waals surface area contributed by atoms with E-state index in [2.05, 4.69) is 19.9 Å². The predicted octanol–water partition coefficient (Wildman–Crippen LogP) is 4.97. The van der Waals surface area contributed by atoms with E-state index >= 15 is 0 Å². The summed E-state index contributed by atoms with van der Waals surface area (Å²) in [5, 5.41) is 0. The summed E-state index contributed by atoms with van der Waals surface area (Å²) in [6.07, 6.45) is 13.4. The monoisotopic (exact) mass is 238 g/mol. The topological polar surface area (TPSA) is 9.23 Å². The third-order valence-electron chi connectivity index (χ3n) is 4.00. The smallest absolute Gasteiger partial charge is 0.0672 e. The van der Waals surface area contributed by atoms with Gasteiger partial charge in [0.1, 0.15) is 0 Å². The van der Waals surface area contributed by atoms with Crippen molar-refractivity contribution >= 4 is 0 Å². The Kier molecular flexibility index (Phi) is 7.59. The quantitative estimate of drug-likeness (QED) is 0.543. The van der Waals surface area contributed by atoms with Gasteiger partial charge in [0, 0.05) is 7.11 Å². The molecular weight excluding hydrogens is 208 g/mol. The summed E-state index contributed by atoms with van der Waals surface area (Å²) in [5.41, 5.74) is 1.52. The van der Waals surface area contributed by atoms with Gasteiger partial charge in [0.2, 0.25) is 0 Å². The maximum atomic E-state index is 5.21. The number of methoxy groups -OCH3 is 1. The maximum Gasteiger partial charge on any atom is 0.0672 e. The molecule has 1 rings (SSSR count). The second kappa shape index (κ2) is 8.74. The Morgan fingerprint density at radius 2 is 2.00 bits per heavy atom. The SMILES string of the molecule is CCCC(CCC)C[C@H]1CC=C(COC)CC1. The molecule has 1 aliphatic rings. The Balaban J connectivity index is 2.32. The molecule has 1 heteroatoms. The van der Waals surface area contributed by atoms with Crippen LogP contribution in [0.2, 0.25) is 0 Å². The molecule has 100 valence electrons. The van der Waals surface area contributed by atoms with Gasteiger partial charge in [-0.2, -0.15) is 0 Å². The van der Waals surface area contributed by atoms with Gasteiger partial charge in [-0.05, 0) is 43.1 Å². The molecule has 0 aromatic carbocycles. The van der Waals surface area contributed by atoms with Crippen molar-refractivity contribution in [3.63, 3.8) is 0 Å². The van der Waals surface area contributed by atoms with Crippen molar-refractivity contribution in [3.05, 3.63) is 11.6 Å². The first-order valence-electron chi connectivity index (χ1n) is 7.46. The summed E-state index contributed by atoms with van der Waals surface area (Å²) in [5.74, 6) is 1.92. The normalized spacial score (nSPS) is 20.7. The first-order chi connectivity index (χ1) is 8.30. The van der Waals surface area contributed by atoms with E-state index in [9.17, 15) is 0 Å². The van der Waals surface area contributed by atoms with Crippen LogP contribution in [0.1, 0.15) is 65.2 Å². The summed E-state index contributed by atoms with van der Waals surface area (Å²) in [4.78, 5) is 0. The van der Waals surface area contributed by atoms with Gasteiger partial charge >= 0.3 is 0 Å². The lowest BCUT2D eigenvalue weighted by Gasteiger charge is -2.26. The maximum absolute atomic E-state index is 5.21. The fourth-order valence-electron chi connectivity index (χ4n) is 3.14. The number of hydrogen-bond donors (Lipinski definition) is 0. The molecule has 0 saturated heterocycles. The van der Waals surface area contributed by atoms with E-state index < -0.39 is 0 Å². The van der Waals surface area contributed by atoms with E-state index in [0.717, 1.165) is 18.4 Å². The fraction of sp³-hybridized carbons (Fsp3) is 0.875. The molecule has 17 heavy (non-hydrogen) atoms. The molecule has 0 fully saturated rings. The van der Waals surface area contributed by atoms with Gasteiger partial charge in [0.15, 0.2) is 0 Å². The highest BCUT2D eigenvalue weighted by molar-refractivity contribution is 5.06. The van der Waals surface area contributed by atoms with Crippen molar-refractivity contribution in [2.45, 2.75) is 65.2 Å². The molecule has 0 amide bonds. The van der Waals surface area contributed by atoms with Gasteiger partial charge in [0.05, 0.1) is 6.61 Å². The molecule has 0 aromatic rings. The Morgan fingerprint density at radius 3 is 2.47 bits per heavy atom. The van der Waals surface area contributed by atoms with E-state index in [4.69, 9.17) is 4.74 Å². The van der Waals surface area contributed by atoms with E-state index in [1.165, 1.54) is 56.9 Å². The minimum atomic E-state index is 0.847. The van der Waals surface area contributed by atoms with Crippen LogP contribution in [0.25, 0.3) is 0 Å². The van der Waals surface area contributed by atoms with Gasteiger partial charge in [-0.25, -0.2) is 0 Å². The molecule has 0 N–H and O–H groups in total. The Labute approximate surface area is 108 Å². The predicted molar refractivity (Wildman–Crippen MR) is 75.2 cm³/mol. The van der Waals surface area contributed by atoms with Gasteiger partial charge in [-0.3, -0.25) is 0 Å². The van der Waals surface area contributed by atoms with Crippen LogP contribution in [-0.2, 0) is 4.74 Å². The van der Waals surface area contributed by atoms with Crippen LogP contribution in [0.3, 0.4) is 0 Å². The summed E-state index contributed by atoms with van der Waals surface area (Å²) in [6.45, 7) is 5.49. The van der Waals surface area contributed by atoms with Crippen molar-refractivity contribution in [3.8, 4) is 0 Å². The standard InChI is InChI=1S/C16H30O/c1-4-6-14(7-5-2)12-15-8-10-16(11-9-15)13-17-3/h10,14-15H,4-9,11-13H2,1-3H3/t15-/m0/s1. The average molecular weight is 238 g/mol. The fourth-order valence-corrected chi connectivity index (χ4v) is 3.14. The summed E-state index contributed by atoms with van der Waals surface area (Å²) < 4.78 is 5.21. The van der Waals surface area contributed by atoms with Crippen LogP contribution in [0.15, 0.2) is 11.6 Å². The summed E-state index contributed by atoms with van der Waals surface area (Å²) in [7, 11) is 1.80. The van der Waals surface area contributed by atoms with Crippen LogP contribution in [0.4, 0.5) is 0 Å². The van der Waals surface area contributed by atoms with Gasteiger partial charge in [0.25, 0.3) is 0 Å². The first-order valence-corrected chi connectivity index (χ1v) is 7.46. The van der Waals surface area contributed by atoms with Crippen molar-refractivity contribution < 1.29 is 4.74 Å². The molecule has 0 saturated carbocycles. The minimum Gasteiger partial charge on any atom is -0.380 e. The molecule has 0 unspecified atom stereocenters. The Bertz CT molecular complexity index is 214. The molecule has 0 aromatic heterocycles. The second-order valence-electron chi connectivity index (χ2n) is 5.61. The van der Waals surface area contributed by atoms with E-state index in [1.807, 2.05) is 0 Å². The number of ether oxygens (including phenoxy) is 1. The third kappa shape index (κ3) is 5.72. The molecule has 1 aliphatic carbocycles. The molecule has 1 nitrogen and oxygen atoms in total. The number of allylic oxidation sites excluding steroid dienone is 1. The lowest BCUT2D eigenvalue weighted by molar-refractivity contribution is 0.216. The zero-order valence-corrected chi connectivity index (χ0v) is 12.0. The summed E-state index contributed by atoms with van der Waals surface area (Å²) >= 11 is 0.